The first kappa shape index (κ1) is 19.0. The summed E-state index contributed by atoms with van der Waals surface area (Å²) < 4.78 is 0. The highest BCUT2D eigenvalue weighted by Crippen LogP contribution is 2.27. The van der Waals surface area contributed by atoms with Crippen LogP contribution in [0, 0.1) is 11.8 Å². The van der Waals surface area contributed by atoms with Crippen molar-refractivity contribution in [1.29, 1.82) is 0 Å². The second kappa shape index (κ2) is 7.68. The third kappa shape index (κ3) is 4.18. The van der Waals surface area contributed by atoms with E-state index in [9.17, 15) is 14.4 Å². The SMILES string of the molecule is CC(C)c1ccc(N2CCC(C(=O)NC(C)C(C)C(=O)O)C2=O)cc1. The van der Waals surface area contributed by atoms with Crippen molar-refractivity contribution in [3.05, 3.63) is 29.8 Å². The zero-order chi connectivity index (χ0) is 18.7. The van der Waals surface area contributed by atoms with Crippen LogP contribution in [-0.4, -0.2) is 35.5 Å². The van der Waals surface area contributed by atoms with Crippen LogP contribution in [0.2, 0.25) is 0 Å². The number of amides is 2. The molecule has 3 atom stereocenters. The molecule has 1 heterocycles. The van der Waals surface area contributed by atoms with Gasteiger partial charge >= 0.3 is 5.97 Å². The van der Waals surface area contributed by atoms with Crippen molar-refractivity contribution < 1.29 is 19.5 Å². The summed E-state index contributed by atoms with van der Waals surface area (Å²) in [4.78, 5) is 37.6. The van der Waals surface area contributed by atoms with Crippen LogP contribution in [-0.2, 0) is 14.4 Å². The van der Waals surface area contributed by atoms with Crippen LogP contribution in [0.25, 0.3) is 0 Å². The number of nitrogens with one attached hydrogen (secondary N) is 1. The summed E-state index contributed by atoms with van der Waals surface area (Å²) in [6, 6.07) is 7.28. The molecule has 2 amide bonds. The molecule has 0 bridgehead atoms. The van der Waals surface area contributed by atoms with Crippen LogP contribution < -0.4 is 10.2 Å². The molecule has 0 radical (unpaired) electrons. The van der Waals surface area contributed by atoms with E-state index in [4.69, 9.17) is 5.11 Å². The summed E-state index contributed by atoms with van der Waals surface area (Å²) in [7, 11) is 0. The number of rotatable bonds is 6. The summed E-state index contributed by atoms with van der Waals surface area (Å²) in [6.07, 6.45) is 0.435. The smallest absolute Gasteiger partial charge is 0.308 e. The molecule has 25 heavy (non-hydrogen) atoms. The molecular formula is C19H26N2O4. The normalized spacial score (nSPS) is 19.8. The Labute approximate surface area is 148 Å². The van der Waals surface area contributed by atoms with Gasteiger partial charge in [-0.25, -0.2) is 0 Å². The molecule has 3 unspecified atom stereocenters. The number of carboxylic acids is 1. The highest BCUT2D eigenvalue weighted by Gasteiger charge is 2.38. The summed E-state index contributed by atoms with van der Waals surface area (Å²) in [5, 5.41) is 11.7. The minimum absolute atomic E-state index is 0.232. The average molecular weight is 346 g/mol. The van der Waals surface area contributed by atoms with Crippen molar-refractivity contribution in [3.8, 4) is 0 Å². The van der Waals surface area contributed by atoms with Gasteiger partial charge in [-0.15, -0.1) is 0 Å². The van der Waals surface area contributed by atoms with Crippen molar-refractivity contribution >= 4 is 23.5 Å². The molecule has 0 saturated carbocycles. The number of carbonyl (C=O) groups excluding carboxylic acids is 2. The number of hydrogen-bond donors (Lipinski definition) is 2. The van der Waals surface area contributed by atoms with E-state index >= 15 is 0 Å². The van der Waals surface area contributed by atoms with Gasteiger partial charge in [-0.05, 0) is 43.9 Å². The Morgan fingerprint density at radius 2 is 1.76 bits per heavy atom. The molecule has 136 valence electrons. The van der Waals surface area contributed by atoms with Gasteiger partial charge in [0.05, 0.1) is 5.92 Å². The lowest BCUT2D eigenvalue weighted by atomic mass is 10.0. The summed E-state index contributed by atoms with van der Waals surface area (Å²) in [5.74, 6) is -2.65. The van der Waals surface area contributed by atoms with Crippen molar-refractivity contribution in [1.82, 2.24) is 5.32 Å². The Balaban J connectivity index is 2.03. The number of carboxylic acid groups (broad SMARTS) is 1. The van der Waals surface area contributed by atoms with E-state index in [0.717, 1.165) is 5.69 Å². The van der Waals surface area contributed by atoms with Gasteiger partial charge in [-0.1, -0.05) is 26.0 Å². The Bertz CT molecular complexity index is 654. The number of carbonyl (C=O) groups is 3. The Morgan fingerprint density at radius 1 is 1.16 bits per heavy atom. The van der Waals surface area contributed by atoms with Gasteiger partial charge in [0.25, 0.3) is 0 Å². The fraction of sp³-hybridized carbons (Fsp3) is 0.526. The second-order valence-electron chi connectivity index (χ2n) is 7.00. The van der Waals surface area contributed by atoms with Gasteiger partial charge in [0.2, 0.25) is 11.8 Å². The van der Waals surface area contributed by atoms with Crippen molar-refractivity contribution in [2.45, 2.75) is 46.1 Å². The van der Waals surface area contributed by atoms with Crippen molar-refractivity contribution in [3.63, 3.8) is 0 Å². The van der Waals surface area contributed by atoms with Gasteiger partial charge < -0.3 is 15.3 Å². The quantitative estimate of drug-likeness (QED) is 0.774. The molecule has 1 aromatic rings. The lowest BCUT2D eigenvalue weighted by molar-refractivity contribution is -0.142. The van der Waals surface area contributed by atoms with Crippen LogP contribution in [0.5, 0.6) is 0 Å². The Hall–Kier alpha value is -2.37. The van der Waals surface area contributed by atoms with Gasteiger partial charge in [0, 0.05) is 18.3 Å². The lowest BCUT2D eigenvalue weighted by Crippen LogP contribution is -2.44. The Kier molecular flexibility index (Phi) is 5.82. The first-order chi connectivity index (χ1) is 11.7. The standard InChI is InChI=1S/C19H26N2O4/c1-11(2)14-5-7-15(8-6-14)21-10-9-16(18(21)23)17(22)20-13(4)12(3)19(24)25/h5-8,11-13,16H,9-10H2,1-4H3,(H,20,22)(H,24,25). The van der Waals surface area contributed by atoms with Gasteiger partial charge in [0.1, 0.15) is 5.92 Å². The van der Waals surface area contributed by atoms with Crippen LogP contribution in [0.4, 0.5) is 5.69 Å². The van der Waals surface area contributed by atoms with E-state index in [2.05, 4.69) is 19.2 Å². The van der Waals surface area contributed by atoms with Crippen LogP contribution in [0.3, 0.4) is 0 Å². The van der Waals surface area contributed by atoms with E-state index in [0.29, 0.717) is 18.9 Å². The molecule has 2 N–H and O–H groups in total. The van der Waals surface area contributed by atoms with Crippen LogP contribution >= 0.6 is 0 Å². The summed E-state index contributed by atoms with van der Waals surface area (Å²) in [6.45, 7) is 7.87. The van der Waals surface area contributed by atoms with Crippen LogP contribution in [0.15, 0.2) is 24.3 Å². The van der Waals surface area contributed by atoms with E-state index in [-0.39, 0.29) is 5.91 Å². The predicted octanol–water partition coefficient (Wildman–Crippen LogP) is 2.39. The number of aliphatic carboxylic acids is 1. The molecule has 0 spiro atoms. The lowest BCUT2D eigenvalue weighted by Gasteiger charge is -2.20. The molecule has 1 saturated heterocycles. The fourth-order valence-corrected chi connectivity index (χ4v) is 2.88. The van der Waals surface area contributed by atoms with Crippen molar-refractivity contribution in [2.75, 3.05) is 11.4 Å². The van der Waals surface area contributed by atoms with E-state index < -0.39 is 29.8 Å². The third-order valence-electron chi connectivity index (χ3n) is 4.90. The first-order valence-electron chi connectivity index (χ1n) is 8.67. The van der Waals surface area contributed by atoms with E-state index in [1.54, 1.807) is 11.8 Å². The first-order valence-corrected chi connectivity index (χ1v) is 8.67. The third-order valence-corrected chi connectivity index (χ3v) is 4.90. The topological polar surface area (TPSA) is 86.7 Å². The monoisotopic (exact) mass is 346 g/mol. The minimum atomic E-state index is -0.975. The fourth-order valence-electron chi connectivity index (χ4n) is 2.88. The number of nitrogens with zero attached hydrogens (tertiary/aromatic N) is 1. The molecule has 1 fully saturated rings. The molecule has 0 aliphatic carbocycles. The molecule has 2 rings (SSSR count). The Morgan fingerprint density at radius 3 is 2.28 bits per heavy atom. The molecule has 1 aromatic carbocycles. The number of benzene rings is 1. The van der Waals surface area contributed by atoms with Gasteiger partial charge in [-0.2, -0.15) is 0 Å². The summed E-state index contributed by atoms with van der Waals surface area (Å²) >= 11 is 0. The van der Waals surface area contributed by atoms with Gasteiger partial charge in [0.15, 0.2) is 0 Å². The van der Waals surface area contributed by atoms with E-state index in [1.807, 2.05) is 24.3 Å². The predicted molar refractivity (Wildman–Crippen MR) is 95.4 cm³/mol. The highest BCUT2D eigenvalue weighted by molar-refractivity contribution is 6.09. The number of hydrogen-bond acceptors (Lipinski definition) is 3. The van der Waals surface area contributed by atoms with Gasteiger partial charge in [-0.3, -0.25) is 14.4 Å². The minimum Gasteiger partial charge on any atom is -0.481 e. The maximum Gasteiger partial charge on any atom is 0.308 e. The molecule has 0 aromatic heterocycles. The molecular weight excluding hydrogens is 320 g/mol. The largest absolute Gasteiger partial charge is 0.481 e. The van der Waals surface area contributed by atoms with E-state index in [1.165, 1.54) is 12.5 Å². The molecule has 1 aliphatic rings. The second-order valence-corrected chi connectivity index (χ2v) is 7.00. The van der Waals surface area contributed by atoms with Crippen LogP contribution in [0.1, 0.15) is 45.6 Å². The maximum atomic E-state index is 12.6. The highest BCUT2D eigenvalue weighted by atomic mass is 16.4. The zero-order valence-electron chi connectivity index (χ0n) is 15.2. The summed E-state index contributed by atoms with van der Waals surface area (Å²) in [5.41, 5.74) is 1.98. The maximum absolute atomic E-state index is 12.6. The molecule has 6 heteroatoms. The molecule has 6 nitrogen and oxygen atoms in total. The average Bonchev–Trinajstić information content (AvgIpc) is 2.95. The molecule has 1 aliphatic heterocycles. The number of anilines is 1. The zero-order valence-corrected chi connectivity index (χ0v) is 15.2. The van der Waals surface area contributed by atoms with Crippen molar-refractivity contribution in [2.24, 2.45) is 11.8 Å².